The molecule has 2 heterocycles. The van der Waals surface area contributed by atoms with Gasteiger partial charge < -0.3 is 14.9 Å². The predicted molar refractivity (Wildman–Crippen MR) is 58.1 cm³/mol. The minimum absolute atomic E-state index is 0.185. The Hall–Kier alpha value is -1.72. The van der Waals surface area contributed by atoms with Crippen LogP contribution in [0.4, 0.5) is 17.6 Å². The van der Waals surface area contributed by atoms with Crippen molar-refractivity contribution in [3.05, 3.63) is 32.9 Å². The average Bonchev–Trinajstić information content (AvgIpc) is 2.68. The first-order valence-electron chi connectivity index (χ1n) is 5.64. The predicted octanol–water partition coefficient (Wildman–Crippen LogP) is -1.10. The Morgan fingerprint density at radius 1 is 1.48 bits per heavy atom. The topological polar surface area (TPSA) is 105 Å². The van der Waals surface area contributed by atoms with E-state index in [9.17, 15) is 32.3 Å². The van der Waals surface area contributed by atoms with Crippen molar-refractivity contribution in [1.29, 1.82) is 0 Å². The third-order valence-electron chi connectivity index (χ3n) is 3.23. The molecular formula is C10H10F4N2O5. The zero-order chi connectivity index (χ0) is 15.9. The molecule has 1 aliphatic rings. The molecule has 1 aromatic rings. The molecule has 11 heteroatoms. The summed E-state index contributed by atoms with van der Waals surface area (Å²) in [6.45, 7) is -1.43. The van der Waals surface area contributed by atoms with Gasteiger partial charge in [-0.15, -0.1) is 0 Å². The van der Waals surface area contributed by atoms with E-state index in [1.54, 1.807) is 0 Å². The fourth-order valence-electron chi connectivity index (χ4n) is 2.03. The lowest BCUT2D eigenvalue weighted by Gasteiger charge is -2.28. The van der Waals surface area contributed by atoms with Crippen LogP contribution in [0.5, 0.6) is 0 Å². The molecule has 0 aliphatic carbocycles. The normalized spacial score (nSPS) is 32.8. The number of hydrogen-bond acceptors (Lipinski definition) is 5. The number of H-pyrrole nitrogens is 1. The highest BCUT2D eigenvalue weighted by atomic mass is 19.3. The maximum absolute atomic E-state index is 13.9. The minimum Gasteiger partial charge on any atom is -0.393 e. The van der Waals surface area contributed by atoms with Crippen LogP contribution in [0.25, 0.3) is 0 Å². The third-order valence-corrected chi connectivity index (χ3v) is 3.23. The van der Waals surface area contributed by atoms with E-state index in [0.29, 0.717) is 0 Å². The van der Waals surface area contributed by atoms with Crippen LogP contribution in [-0.4, -0.2) is 50.7 Å². The second-order valence-electron chi connectivity index (χ2n) is 4.46. The Balaban J connectivity index is 2.50. The third kappa shape index (κ3) is 2.26. The van der Waals surface area contributed by atoms with Crippen molar-refractivity contribution >= 4 is 0 Å². The summed E-state index contributed by atoms with van der Waals surface area (Å²) in [5.41, 5.74) is -5.65. The average molecular weight is 314 g/mol. The van der Waals surface area contributed by atoms with Gasteiger partial charge in [-0.1, -0.05) is 0 Å². The van der Waals surface area contributed by atoms with Crippen LogP contribution in [-0.2, 0) is 4.74 Å². The second kappa shape index (κ2) is 5.24. The van der Waals surface area contributed by atoms with Crippen LogP contribution >= 0.6 is 0 Å². The van der Waals surface area contributed by atoms with E-state index >= 15 is 0 Å². The Labute approximate surface area is 113 Å². The van der Waals surface area contributed by atoms with Crippen LogP contribution in [0, 0.1) is 5.82 Å². The molecule has 1 saturated heterocycles. The summed E-state index contributed by atoms with van der Waals surface area (Å²) in [5, 5.41) is 18.5. The fraction of sp³-hybridized carbons (Fsp3) is 0.600. The van der Waals surface area contributed by atoms with E-state index in [2.05, 4.69) is 4.74 Å². The number of hydrogen-bond donors (Lipinski definition) is 3. The Morgan fingerprint density at radius 2 is 2.10 bits per heavy atom. The molecule has 118 valence electrons. The lowest BCUT2D eigenvalue weighted by molar-refractivity contribution is -0.196. The largest absolute Gasteiger partial charge is 0.393 e. The number of rotatable bonds is 3. The highest BCUT2D eigenvalue weighted by Crippen LogP contribution is 2.41. The number of aliphatic hydroxyl groups excluding tert-OH is 2. The van der Waals surface area contributed by atoms with Crippen molar-refractivity contribution in [2.24, 2.45) is 0 Å². The van der Waals surface area contributed by atoms with Gasteiger partial charge in [-0.25, -0.2) is 18.0 Å². The molecular weight excluding hydrogens is 304 g/mol. The van der Waals surface area contributed by atoms with Crippen molar-refractivity contribution in [1.82, 2.24) is 9.55 Å². The number of nitrogens with one attached hydrogen (secondary N) is 1. The van der Waals surface area contributed by atoms with Crippen LogP contribution in [0.2, 0.25) is 0 Å². The first-order valence-corrected chi connectivity index (χ1v) is 5.64. The van der Waals surface area contributed by atoms with Gasteiger partial charge in [0.05, 0.1) is 12.8 Å². The SMILES string of the molecule is O=c1[nH]c(=O)n([C@H]2O[C@](CO)(C(F)F)C(O)C2F)cc1F. The van der Waals surface area contributed by atoms with E-state index in [1.807, 2.05) is 0 Å². The molecule has 0 aromatic carbocycles. The van der Waals surface area contributed by atoms with Crippen LogP contribution in [0.1, 0.15) is 6.23 Å². The van der Waals surface area contributed by atoms with Gasteiger partial charge in [-0.05, 0) is 0 Å². The van der Waals surface area contributed by atoms with E-state index in [1.165, 1.54) is 4.98 Å². The number of alkyl halides is 3. The molecule has 4 atom stereocenters. The van der Waals surface area contributed by atoms with Crippen molar-refractivity contribution < 1.29 is 32.5 Å². The first kappa shape index (κ1) is 15.7. The lowest BCUT2D eigenvalue weighted by atomic mass is 9.97. The van der Waals surface area contributed by atoms with Gasteiger partial charge in [0.1, 0.15) is 6.10 Å². The molecule has 2 unspecified atom stereocenters. The summed E-state index contributed by atoms with van der Waals surface area (Å²) in [5.74, 6) is -1.47. The molecule has 0 amide bonds. The molecule has 2 rings (SSSR count). The summed E-state index contributed by atoms with van der Waals surface area (Å²) in [6.07, 6.45) is -10.3. The van der Waals surface area contributed by atoms with Crippen LogP contribution < -0.4 is 11.2 Å². The molecule has 0 spiro atoms. The fourth-order valence-corrected chi connectivity index (χ4v) is 2.03. The molecule has 0 bridgehead atoms. The van der Waals surface area contributed by atoms with Gasteiger partial charge in [0.25, 0.3) is 12.0 Å². The standard InChI is InChI=1S/C10H10F4N2O5/c11-3-1-16(9(20)15-6(3)19)7-4(12)5(18)10(2-17,21-7)8(13)14/h1,4-5,7-8,17-18H,2H2,(H,15,19,20)/t4?,5?,7-,10-/m0/s1. The number of aromatic nitrogens is 2. The first-order chi connectivity index (χ1) is 9.74. The van der Waals surface area contributed by atoms with Crippen molar-refractivity contribution in [3.8, 4) is 0 Å². The van der Waals surface area contributed by atoms with Gasteiger partial charge >= 0.3 is 5.69 Å². The molecule has 7 nitrogen and oxygen atoms in total. The van der Waals surface area contributed by atoms with Gasteiger partial charge in [-0.3, -0.25) is 14.3 Å². The van der Waals surface area contributed by atoms with Crippen molar-refractivity contribution in [2.75, 3.05) is 6.61 Å². The Bertz CT molecular complexity index is 647. The molecule has 1 aliphatic heterocycles. The van der Waals surface area contributed by atoms with Crippen LogP contribution in [0.15, 0.2) is 15.8 Å². The summed E-state index contributed by atoms with van der Waals surface area (Å²) in [4.78, 5) is 23.8. The van der Waals surface area contributed by atoms with Crippen molar-refractivity contribution in [2.45, 2.75) is 30.5 Å². The van der Waals surface area contributed by atoms with Gasteiger partial charge in [0.15, 0.2) is 18.0 Å². The van der Waals surface area contributed by atoms with E-state index < -0.39 is 54.2 Å². The van der Waals surface area contributed by atoms with Gasteiger partial charge in [0, 0.05) is 0 Å². The number of aromatic amines is 1. The van der Waals surface area contributed by atoms with Crippen molar-refractivity contribution in [3.63, 3.8) is 0 Å². The van der Waals surface area contributed by atoms with Gasteiger partial charge in [-0.2, -0.15) is 4.39 Å². The van der Waals surface area contributed by atoms with Crippen LogP contribution in [0.3, 0.4) is 0 Å². The number of halogens is 4. The van der Waals surface area contributed by atoms with E-state index in [4.69, 9.17) is 5.11 Å². The Kier molecular flexibility index (Phi) is 3.91. The monoisotopic (exact) mass is 314 g/mol. The summed E-state index contributed by atoms with van der Waals surface area (Å²) in [7, 11) is 0. The highest BCUT2D eigenvalue weighted by Gasteiger charge is 2.61. The summed E-state index contributed by atoms with van der Waals surface area (Å²) >= 11 is 0. The van der Waals surface area contributed by atoms with E-state index in [0.717, 1.165) is 0 Å². The zero-order valence-electron chi connectivity index (χ0n) is 10.2. The van der Waals surface area contributed by atoms with E-state index in [-0.39, 0.29) is 10.8 Å². The summed E-state index contributed by atoms with van der Waals surface area (Å²) in [6, 6.07) is 0. The van der Waals surface area contributed by atoms with Gasteiger partial charge in [0.2, 0.25) is 5.82 Å². The molecule has 1 fully saturated rings. The zero-order valence-corrected chi connectivity index (χ0v) is 10.2. The Morgan fingerprint density at radius 3 is 2.57 bits per heavy atom. The minimum atomic E-state index is -3.47. The highest BCUT2D eigenvalue weighted by molar-refractivity contribution is 5.04. The molecule has 0 saturated carbocycles. The summed E-state index contributed by atoms with van der Waals surface area (Å²) < 4.78 is 57.7. The second-order valence-corrected chi connectivity index (χ2v) is 4.46. The lowest BCUT2D eigenvalue weighted by Crippen LogP contribution is -2.51. The number of aliphatic hydroxyl groups is 2. The maximum Gasteiger partial charge on any atom is 0.330 e. The number of nitrogens with zero attached hydrogens (tertiary/aromatic N) is 1. The maximum atomic E-state index is 13.9. The molecule has 21 heavy (non-hydrogen) atoms. The smallest absolute Gasteiger partial charge is 0.330 e. The molecule has 3 N–H and O–H groups in total. The number of ether oxygens (including phenoxy) is 1. The molecule has 0 radical (unpaired) electrons. The quantitative estimate of drug-likeness (QED) is 0.614. The molecule has 1 aromatic heterocycles.